The van der Waals surface area contributed by atoms with Crippen molar-refractivity contribution in [2.45, 2.75) is 45.6 Å². The van der Waals surface area contributed by atoms with Gasteiger partial charge in [0, 0.05) is 22.6 Å². The summed E-state index contributed by atoms with van der Waals surface area (Å²) in [5, 5.41) is 15.4. The van der Waals surface area contributed by atoms with Gasteiger partial charge in [-0.3, -0.25) is 4.79 Å². The molecule has 1 amide bonds. The van der Waals surface area contributed by atoms with E-state index in [1.165, 1.54) is 0 Å². The first-order chi connectivity index (χ1) is 16.0. The third-order valence-electron chi connectivity index (χ3n) is 5.81. The van der Waals surface area contributed by atoms with Crippen molar-refractivity contribution < 1.29 is 13.7 Å². The molecule has 33 heavy (non-hydrogen) atoms. The molecule has 1 saturated carbocycles. The van der Waals surface area contributed by atoms with Crippen LogP contribution >= 0.6 is 0 Å². The quantitative estimate of drug-likeness (QED) is 0.423. The maximum Gasteiger partial charge on any atom is 0.251 e. The molecule has 1 atom stereocenters. The Hall–Kier alpha value is -3.81. The zero-order valence-corrected chi connectivity index (χ0v) is 18.8. The molecule has 2 aromatic carbocycles. The standard InChI is InChI=1S/C25H25N5O3/c1-14(2)20(25-27-21(30-33-25)16-8-9-16)26-22(31)17-10-12-18(13-11-17)23-28-29-24(32-23)19-7-5-4-6-15(19)3/h4-7,10-14,16,20H,8-9H2,1-3H3,(H,26,31). The molecular formula is C25H25N5O3. The van der Waals surface area contributed by atoms with Crippen LogP contribution in [0.1, 0.15) is 66.3 Å². The van der Waals surface area contributed by atoms with Crippen molar-refractivity contribution in [2.75, 3.05) is 0 Å². The Morgan fingerprint density at radius 1 is 1.03 bits per heavy atom. The first-order valence-electron chi connectivity index (χ1n) is 11.1. The summed E-state index contributed by atoms with van der Waals surface area (Å²) >= 11 is 0. The van der Waals surface area contributed by atoms with Crippen molar-refractivity contribution >= 4 is 5.91 Å². The van der Waals surface area contributed by atoms with Crippen molar-refractivity contribution in [3.63, 3.8) is 0 Å². The average Bonchev–Trinajstić information content (AvgIpc) is 3.35. The number of hydrogen-bond acceptors (Lipinski definition) is 7. The minimum absolute atomic E-state index is 0.0963. The minimum Gasteiger partial charge on any atom is -0.416 e. The monoisotopic (exact) mass is 443 g/mol. The molecule has 1 aliphatic carbocycles. The summed E-state index contributed by atoms with van der Waals surface area (Å²) in [4.78, 5) is 17.4. The van der Waals surface area contributed by atoms with Gasteiger partial charge < -0.3 is 14.3 Å². The molecule has 2 heterocycles. The lowest BCUT2D eigenvalue weighted by atomic mass is 10.0. The lowest BCUT2D eigenvalue weighted by Crippen LogP contribution is -2.32. The number of nitrogens with one attached hydrogen (secondary N) is 1. The molecule has 0 bridgehead atoms. The topological polar surface area (TPSA) is 107 Å². The van der Waals surface area contributed by atoms with Crippen LogP contribution in [-0.4, -0.2) is 26.2 Å². The molecule has 0 saturated heterocycles. The molecule has 168 valence electrons. The van der Waals surface area contributed by atoms with Crippen LogP contribution in [0.15, 0.2) is 57.5 Å². The number of hydrogen-bond donors (Lipinski definition) is 1. The highest BCUT2D eigenvalue weighted by Gasteiger charge is 2.31. The maximum atomic E-state index is 12.9. The molecule has 8 nitrogen and oxygen atoms in total. The van der Waals surface area contributed by atoms with E-state index in [4.69, 9.17) is 8.94 Å². The summed E-state index contributed by atoms with van der Waals surface area (Å²) in [5.41, 5.74) is 3.22. The van der Waals surface area contributed by atoms with Crippen molar-refractivity contribution in [2.24, 2.45) is 5.92 Å². The summed E-state index contributed by atoms with van der Waals surface area (Å²) in [6.07, 6.45) is 2.19. The van der Waals surface area contributed by atoms with E-state index in [1.54, 1.807) is 24.3 Å². The molecular weight excluding hydrogens is 418 g/mol. The Kier molecular flexibility index (Phi) is 5.50. The Morgan fingerprint density at radius 2 is 1.76 bits per heavy atom. The van der Waals surface area contributed by atoms with Crippen molar-refractivity contribution in [1.82, 2.24) is 25.7 Å². The van der Waals surface area contributed by atoms with Crippen LogP contribution in [0, 0.1) is 12.8 Å². The predicted molar refractivity (Wildman–Crippen MR) is 121 cm³/mol. The largest absolute Gasteiger partial charge is 0.416 e. The smallest absolute Gasteiger partial charge is 0.251 e. The molecule has 0 spiro atoms. The van der Waals surface area contributed by atoms with Crippen LogP contribution in [0.4, 0.5) is 0 Å². The summed E-state index contributed by atoms with van der Waals surface area (Å²) < 4.78 is 11.3. The number of benzene rings is 2. The zero-order valence-electron chi connectivity index (χ0n) is 18.8. The lowest BCUT2D eigenvalue weighted by Gasteiger charge is -2.18. The lowest BCUT2D eigenvalue weighted by molar-refractivity contribution is 0.0914. The fraction of sp³-hybridized carbons (Fsp3) is 0.320. The van der Waals surface area contributed by atoms with E-state index in [2.05, 4.69) is 25.7 Å². The summed E-state index contributed by atoms with van der Waals surface area (Å²) in [6, 6.07) is 14.6. The molecule has 1 N–H and O–H groups in total. The fourth-order valence-electron chi connectivity index (χ4n) is 3.64. The molecule has 2 aromatic heterocycles. The van der Waals surface area contributed by atoms with Gasteiger partial charge in [0.1, 0.15) is 6.04 Å². The molecule has 0 aliphatic heterocycles. The first kappa shape index (κ1) is 21.1. The second kappa shape index (κ2) is 8.61. The van der Waals surface area contributed by atoms with Crippen LogP contribution in [0.25, 0.3) is 22.9 Å². The van der Waals surface area contributed by atoms with Gasteiger partial charge in [0.2, 0.25) is 17.7 Å². The molecule has 0 radical (unpaired) electrons. The fourth-order valence-corrected chi connectivity index (χ4v) is 3.64. The minimum atomic E-state index is -0.357. The van der Waals surface area contributed by atoms with E-state index < -0.39 is 0 Å². The van der Waals surface area contributed by atoms with Crippen LogP contribution in [0.2, 0.25) is 0 Å². The summed E-state index contributed by atoms with van der Waals surface area (Å²) in [5.74, 6) is 2.34. The molecule has 1 fully saturated rings. The number of amides is 1. The highest BCUT2D eigenvalue weighted by atomic mass is 16.5. The van der Waals surface area contributed by atoms with E-state index in [1.807, 2.05) is 45.0 Å². The second-order valence-corrected chi connectivity index (χ2v) is 8.76. The van der Waals surface area contributed by atoms with Crippen LogP contribution in [0.3, 0.4) is 0 Å². The van der Waals surface area contributed by atoms with Crippen LogP contribution < -0.4 is 5.32 Å². The van der Waals surface area contributed by atoms with Gasteiger partial charge >= 0.3 is 0 Å². The molecule has 5 rings (SSSR count). The van der Waals surface area contributed by atoms with Gasteiger partial charge in [0.15, 0.2) is 5.82 Å². The Bertz CT molecular complexity index is 1270. The Morgan fingerprint density at radius 3 is 2.45 bits per heavy atom. The van der Waals surface area contributed by atoms with Gasteiger partial charge in [-0.25, -0.2) is 0 Å². The van der Waals surface area contributed by atoms with Crippen LogP contribution in [-0.2, 0) is 0 Å². The number of aryl methyl sites for hydroxylation is 1. The molecule has 8 heteroatoms. The van der Waals surface area contributed by atoms with Gasteiger partial charge in [0.25, 0.3) is 5.91 Å². The van der Waals surface area contributed by atoms with Gasteiger partial charge in [-0.05, 0) is 61.6 Å². The number of carbonyl (C=O) groups is 1. The molecule has 1 unspecified atom stereocenters. The Labute approximate surface area is 191 Å². The van der Waals surface area contributed by atoms with Crippen molar-refractivity contribution in [3.05, 3.63) is 71.4 Å². The van der Waals surface area contributed by atoms with Crippen molar-refractivity contribution in [3.8, 4) is 22.9 Å². The van der Waals surface area contributed by atoms with Crippen LogP contribution in [0.5, 0.6) is 0 Å². The summed E-state index contributed by atoms with van der Waals surface area (Å²) in [6.45, 7) is 6.02. The zero-order chi connectivity index (χ0) is 22.9. The number of nitrogens with zero attached hydrogens (tertiary/aromatic N) is 4. The van der Waals surface area contributed by atoms with Gasteiger partial charge in [-0.2, -0.15) is 4.98 Å². The van der Waals surface area contributed by atoms with Gasteiger partial charge in [-0.15, -0.1) is 10.2 Å². The number of aromatic nitrogens is 4. The molecule has 4 aromatic rings. The maximum absolute atomic E-state index is 12.9. The Balaban J connectivity index is 1.30. The third kappa shape index (κ3) is 4.41. The third-order valence-corrected chi connectivity index (χ3v) is 5.81. The highest BCUT2D eigenvalue weighted by Crippen LogP contribution is 2.38. The van der Waals surface area contributed by atoms with Gasteiger partial charge in [-0.1, -0.05) is 37.2 Å². The predicted octanol–water partition coefficient (Wildman–Crippen LogP) is 5.10. The van der Waals surface area contributed by atoms with E-state index in [-0.39, 0.29) is 17.9 Å². The van der Waals surface area contributed by atoms with E-state index >= 15 is 0 Å². The highest BCUT2D eigenvalue weighted by molar-refractivity contribution is 5.94. The van der Waals surface area contributed by atoms with E-state index in [0.717, 1.165) is 35.4 Å². The molecule has 1 aliphatic rings. The summed E-state index contributed by atoms with van der Waals surface area (Å²) in [7, 11) is 0. The number of carbonyl (C=O) groups excluding carboxylic acids is 1. The number of rotatable bonds is 7. The van der Waals surface area contributed by atoms with Crippen molar-refractivity contribution in [1.29, 1.82) is 0 Å². The second-order valence-electron chi connectivity index (χ2n) is 8.76. The van der Waals surface area contributed by atoms with Gasteiger partial charge in [0.05, 0.1) is 0 Å². The van der Waals surface area contributed by atoms with E-state index in [0.29, 0.717) is 29.2 Å². The first-order valence-corrected chi connectivity index (χ1v) is 11.1. The normalized spacial score (nSPS) is 14.4. The van der Waals surface area contributed by atoms with E-state index in [9.17, 15) is 4.79 Å². The average molecular weight is 444 g/mol. The SMILES string of the molecule is Cc1ccccc1-c1nnc(-c2ccc(C(=O)NC(c3nc(C4CC4)no3)C(C)C)cc2)o1.